The maximum absolute atomic E-state index is 12.9. The minimum absolute atomic E-state index is 0.0397. The van der Waals surface area contributed by atoms with Crippen LogP contribution in [0.2, 0.25) is 0 Å². The number of anilines is 1. The van der Waals surface area contributed by atoms with Crippen molar-refractivity contribution < 1.29 is 19.0 Å². The van der Waals surface area contributed by atoms with Gasteiger partial charge in [0.05, 0.1) is 14.2 Å². The number of carbonyl (C=O) groups is 1. The van der Waals surface area contributed by atoms with Gasteiger partial charge >= 0.3 is 0 Å². The molecule has 0 radical (unpaired) electrons. The molecule has 6 heteroatoms. The normalized spacial score (nSPS) is 13.7. The molecule has 1 atom stereocenters. The van der Waals surface area contributed by atoms with Crippen LogP contribution in [-0.4, -0.2) is 26.2 Å². The summed E-state index contributed by atoms with van der Waals surface area (Å²) in [5, 5.41) is 6.45. The SMILES string of the molecule is COc1ccc(Oc2cc(N[C@H](C(=O)NC3CC3)c3ccccc3)ccc2OC)cc1. The molecule has 1 aliphatic carbocycles. The van der Waals surface area contributed by atoms with Crippen LogP contribution < -0.4 is 24.8 Å². The third-order valence-electron chi connectivity index (χ3n) is 5.08. The summed E-state index contributed by atoms with van der Waals surface area (Å²) in [5.74, 6) is 2.51. The third kappa shape index (κ3) is 5.28. The van der Waals surface area contributed by atoms with Crippen LogP contribution in [-0.2, 0) is 4.79 Å². The van der Waals surface area contributed by atoms with Crippen molar-refractivity contribution in [1.29, 1.82) is 0 Å². The zero-order chi connectivity index (χ0) is 21.6. The molecule has 1 fully saturated rings. The highest BCUT2D eigenvalue weighted by Gasteiger charge is 2.28. The number of hydrogen-bond donors (Lipinski definition) is 2. The second-order valence-corrected chi connectivity index (χ2v) is 7.41. The predicted octanol–water partition coefficient (Wildman–Crippen LogP) is 4.93. The second-order valence-electron chi connectivity index (χ2n) is 7.41. The monoisotopic (exact) mass is 418 g/mol. The van der Waals surface area contributed by atoms with Gasteiger partial charge < -0.3 is 24.8 Å². The first kappa shape index (κ1) is 20.6. The fourth-order valence-electron chi connectivity index (χ4n) is 3.24. The van der Waals surface area contributed by atoms with Crippen LogP contribution in [0.3, 0.4) is 0 Å². The van der Waals surface area contributed by atoms with E-state index in [0.29, 0.717) is 17.2 Å². The highest BCUT2D eigenvalue weighted by molar-refractivity contribution is 5.86. The summed E-state index contributed by atoms with van der Waals surface area (Å²) in [6.07, 6.45) is 2.07. The Morgan fingerprint density at radius 1 is 0.871 bits per heavy atom. The van der Waals surface area contributed by atoms with Crippen LogP contribution in [0.4, 0.5) is 5.69 Å². The lowest BCUT2D eigenvalue weighted by molar-refractivity contribution is -0.122. The third-order valence-corrected chi connectivity index (χ3v) is 5.08. The Bertz CT molecular complexity index is 1020. The van der Waals surface area contributed by atoms with Gasteiger partial charge in [-0.25, -0.2) is 0 Å². The standard InChI is InChI=1S/C25H26N2O4/c1-29-20-11-13-21(14-12-20)31-23-16-19(10-15-22(23)30-2)26-24(17-6-4-3-5-7-17)25(28)27-18-8-9-18/h3-7,10-16,18,24,26H,8-9H2,1-2H3,(H,27,28)/t24-/m0/s1. The van der Waals surface area contributed by atoms with Crippen LogP contribution in [0.25, 0.3) is 0 Å². The van der Waals surface area contributed by atoms with E-state index < -0.39 is 6.04 Å². The van der Waals surface area contributed by atoms with Crippen LogP contribution in [0.15, 0.2) is 72.8 Å². The Labute approximate surface area is 182 Å². The van der Waals surface area contributed by atoms with Crippen molar-refractivity contribution in [2.24, 2.45) is 0 Å². The average Bonchev–Trinajstić information content (AvgIpc) is 3.62. The first-order valence-electron chi connectivity index (χ1n) is 10.3. The topological polar surface area (TPSA) is 68.8 Å². The maximum Gasteiger partial charge on any atom is 0.247 e. The van der Waals surface area contributed by atoms with Crippen LogP contribution >= 0.6 is 0 Å². The van der Waals surface area contributed by atoms with Gasteiger partial charge in [0.2, 0.25) is 5.91 Å². The van der Waals surface area contributed by atoms with E-state index in [-0.39, 0.29) is 11.9 Å². The Hall–Kier alpha value is -3.67. The Morgan fingerprint density at radius 3 is 2.23 bits per heavy atom. The van der Waals surface area contributed by atoms with Crippen molar-refractivity contribution in [2.45, 2.75) is 24.9 Å². The molecule has 4 rings (SSSR count). The summed E-state index contributed by atoms with van der Waals surface area (Å²) in [7, 11) is 3.22. The van der Waals surface area contributed by atoms with Crippen molar-refractivity contribution in [3.63, 3.8) is 0 Å². The van der Waals surface area contributed by atoms with Gasteiger partial charge in [-0.1, -0.05) is 30.3 Å². The molecule has 0 spiro atoms. The van der Waals surface area contributed by atoms with E-state index in [4.69, 9.17) is 14.2 Å². The van der Waals surface area contributed by atoms with Crippen LogP contribution in [0.1, 0.15) is 24.4 Å². The smallest absolute Gasteiger partial charge is 0.247 e. The molecule has 0 aliphatic heterocycles. The Kier molecular flexibility index (Phi) is 6.26. The van der Waals surface area contributed by atoms with Gasteiger partial charge in [-0.15, -0.1) is 0 Å². The fraction of sp³-hybridized carbons (Fsp3) is 0.240. The van der Waals surface area contributed by atoms with Crippen molar-refractivity contribution >= 4 is 11.6 Å². The predicted molar refractivity (Wildman–Crippen MR) is 120 cm³/mol. The average molecular weight is 418 g/mol. The lowest BCUT2D eigenvalue weighted by Crippen LogP contribution is -2.34. The second kappa shape index (κ2) is 9.43. The molecular weight excluding hydrogens is 392 g/mol. The number of nitrogens with one attached hydrogen (secondary N) is 2. The van der Waals surface area contributed by atoms with Crippen LogP contribution in [0.5, 0.6) is 23.0 Å². The lowest BCUT2D eigenvalue weighted by Gasteiger charge is -2.21. The molecule has 6 nitrogen and oxygen atoms in total. The van der Waals surface area contributed by atoms with E-state index >= 15 is 0 Å². The summed E-state index contributed by atoms with van der Waals surface area (Å²) in [6, 6.07) is 22.3. The lowest BCUT2D eigenvalue weighted by atomic mass is 10.1. The quantitative estimate of drug-likeness (QED) is 0.516. The number of ether oxygens (including phenoxy) is 3. The molecule has 1 amide bonds. The van der Waals surface area contributed by atoms with E-state index in [0.717, 1.165) is 29.8 Å². The fourth-order valence-corrected chi connectivity index (χ4v) is 3.24. The summed E-state index contributed by atoms with van der Waals surface area (Å²) < 4.78 is 16.7. The van der Waals surface area contributed by atoms with Gasteiger partial charge in [0.15, 0.2) is 11.5 Å². The van der Waals surface area contributed by atoms with Gasteiger partial charge in [-0.05, 0) is 54.8 Å². The van der Waals surface area contributed by atoms with E-state index in [2.05, 4.69) is 10.6 Å². The van der Waals surface area contributed by atoms with E-state index in [1.165, 1.54) is 0 Å². The van der Waals surface area contributed by atoms with Gasteiger partial charge in [0.25, 0.3) is 0 Å². The Balaban J connectivity index is 1.58. The van der Waals surface area contributed by atoms with Gasteiger partial charge in [0, 0.05) is 17.8 Å². The van der Waals surface area contributed by atoms with Crippen molar-refractivity contribution in [2.75, 3.05) is 19.5 Å². The maximum atomic E-state index is 12.9. The zero-order valence-electron chi connectivity index (χ0n) is 17.6. The number of carbonyl (C=O) groups excluding carboxylic acids is 1. The number of benzene rings is 3. The molecule has 31 heavy (non-hydrogen) atoms. The largest absolute Gasteiger partial charge is 0.497 e. The molecular formula is C25H26N2O4. The molecule has 3 aromatic rings. The molecule has 0 bridgehead atoms. The highest BCUT2D eigenvalue weighted by atomic mass is 16.5. The summed E-state index contributed by atoms with van der Waals surface area (Å²) in [5.41, 5.74) is 1.65. The molecule has 1 aliphatic rings. The number of amides is 1. The Morgan fingerprint density at radius 2 is 1.58 bits per heavy atom. The highest BCUT2D eigenvalue weighted by Crippen LogP contribution is 2.35. The molecule has 2 N–H and O–H groups in total. The first-order chi connectivity index (χ1) is 15.2. The van der Waals surface area contributed by atoms with Crippen molar-refractivity contribution in [1.82, 2.24) is 5.32 Å². The van der Waals surface area contributed by atoms with Crippen molar-refractivity contribution in [3.05, 3.63) is 78.4 Å². The molecule has 3 aromatic carbocycles. The van der Waals surface area contributed by atoms with Gasteiger partial charge in [-0.2, -0.15) is 0 Å². The number of methoxy groups -OCH3 is 2. The molecule has 160 valence electrons. The molecule has 0 aromatic heterocycles. The summed E-state index contributed by atoms with van der Waals surface area (Å²) >= 11 is 0. The number of hydrogen-bond acceptors (Lipinski definition) is 5. The van der Waals surface area contributed by atoms with E-state index in [9.17, 15) is 4.79 Å². The molecule has 1 saturated carbocycles. The van der Waals surface area contributed by atoms with E-state index in [1.807, 2.05) is 72.8 Å². The molecule has 0 unspecified atom stereocenters. The van der Waals surface area contributed by atoms with E-state index in [1.54, 1.807) is 14.2 Å². The van der Waals surface area contributed by atoms with Gasteiger partial charge in [-0.3, -0.25) is 4.79 Å². The minimum atomic E-state index is -0.510. The van der Waals surface area contributed by atoms with Crippen molar-refractivity contribution in [3.8, 4) is 23.0 Å². The first-order valence-corrected chi connectivity index (χ1v) is 10.3. The number of rotatable bonds is 9. The summed E-state index contributed by atoms with van der Waals surface area (Å²) in [6.45, 7) is 0. The minimum Gasteiger partial charge on any atom is -0.497 e. The van der Waals surface area contributed by atoms with Gasteiger partial charge in [0.1, 0.15) is 17.5 Å². The van der Waals surface area contributed by atoms with Crippen LogP contribution in [0, 0.1) is 0 Å². The molecule has 0 heterocycles. The summed E-state index contributed by atoms with van der Waals surface area (Å²) in [4.78, 5) is 12.9. The zero-order valence-corrected chi connectivity index (χ0v) is 17.6. The molecule has 0 saturated heterocycles.